The largest absolute Gasteiger partial charge is 0.534 e. The minimum atomic E-state index is -5.70. The quantitative estimate of drug-likeness (QED) is 0.148. The monoisotopic (exact) mass is 603 g/mol. The fraction of sp³-hybridized carbons (Fsp3) is 0.871. The van der Waals surface area contributed by atoms with Crippen molar-refractivity contribution >= 4 is 18.8 Å². The maximum Gasteiger partial charge on any atom is 0.534 e. The van der Waals surface area contributed by atoms with Gasteiger partial charge in [-0.05, 0) is 123 Å². The highest BCUT2D eigenvalue weighted by atomic mass is 32.2. The third-order valence-electron chi connectivity index (χ3n) is 13.4. The van der Waals surface area contributed by atoms with Crippen molar-refractivity contribution < 1.29 is 25.8 Å². The molecule has 0 radical (unpaired) electrons. The van der Waals surface area contributed by atoms with E-state index in [1.807, 2.05) is 13.8 Å². The first-order chi connectivity index (χ1) is 18.3. The van der Waals surface area contributed by atoms with Crippen molar-refractivity contribution in [3.63, 3.8) is 0 Å². The van der Waals surface area contributed by atoms with Gasteiger partial charge in [-0.1, -0.05) is 55.5 Å². The molecule has 0 aliphatic heterocycles. The maximum absolute atomic E-state index is 13.2. The highest BCUT2D eigenvalue weighted by Gasteiger charge is 2.70. The van der Waals surface area contributed by atoms with Crippen LogP contribution >= 0.6 is 8.73 Å². The zero-order chi connectivity index (χ0) is 29.7. The van der Waals surface area contributed by atoms with Crippen LogP contribution in [0.3, 0.4) is 0 Å². The summed E-state index contributed by atoms with van der Waals surface area (Å²) in [5.41, 5.74) is -4.59. The molecular weight excluding hydrogens is 554 g/mol. The van der Waals surface area contributed by atoms with Crippen molar-refractivity contribution in [1.29, 1.82) is 0 Å². The molecule has 0 heterocycles. The standard InChI is InChI=1S/C31H49F3NO3PS/c1-19(2)20-11-16-30(35-39-8)18-17-28(6)21(25(20)30)9-10-23-27(5)14-13-24(38-40(36,37)31(32,33)34)26(3,4)22(27)12-15-29(23,28)7/h13,20-23,25,35,39H,1,9-12,14-18H2,2-8H3/t20-,21+,22-,23+,25+,27-,28+,29+,30-/m0/s1. The predicted octanol–water partition coefficient (Wildman–Crippen LogP) is 8.57. The smallest absolute Gasteiger partial charge is 0.380 e. The SMILES string of the molecule is C=C(C)[C@@H]1CC[C@]2(NPC)CC[C@]3(C)[C@H](CC[C@@H]4[C@@]5(C)CC=C(OS(=O)(=O)C(F)(F)F)C(C)(C)[C@@H]5CC[C@]43C)[C@@H]12. The normalized spacial score (nSPS) is 46.6. The number of alkyl halides is 3. The van der Waals surface area contributed by atoms with E-state index in [9.17, 15) is 21.6 Å². The maximum atomic E-state index is 13.2. The Bertz CT molecular complexity index is 1200. The summed E-state index contributed by atoms with van der Waals surface area (Å²) in [6.07, 6.45) is 11.2. The topological polar surface area (TPSA) is 55.4 Å². The van der Waals surface area contributed by atoms with Gasteiger partial charge in [-0.2, -0.15) is 21.6 Å². The van der Waals surface area contributed by atoms with Gasteiger partial charge in [0.05, 0.1) is 0 Å². The van der Waals surface area contributed by atoms with E-state index < -0.39 is 21.0 Å². The second-order valence-electron chi connectivity index (χ2n) is 15.2. The Morgan fingerprint density at radius 2 is 1.68 bits per heavy atom. The molecule has 228 valence electrons. The summed E-state index contributed by atoms with van der Waals surface area (Å²) < 4.78 is 68.4. The number of hydrogen-bond donors (Lipinski definition) is 1. The molecular formula is C31H49F3NO3PS. The zero-order valence-corrected chi connectivity index (χ0v) is 27.1. The third-order valence-corrected chi connectivity index (χ3v) is 15.1. The Morgan fingerprint density at radius 1 is 1.00 bits per heavy atom. The minimum absolute atomic E-state index is 0.0417. The van der Waals surface area contributed by atoms with Gasteiger partial charge in [0.25, 0.3) is 0 Å². The van der Waals surface area contributed by atoms with Crippen molar-refractivity contribution in [3.8, 4) is 0 Å². The summed E-state index contributed by atoms with van der Waals surface area (Å²) in [6, 6.07) is 0. The zero-order valence-electron chi connectivity index (χ0n) is 25.3. The highest BCUT2D eigenvalue weighted by molar-refractivity contribution is 7.87. The second-order valence-corrected chi connectivity index (χ2v) is 17.5. The average molecular weight is 604 g/mol. The molecule has 10 atom stereocenters. The summed E-state index contributed by atoms with van der Waals surface area (Å²) in [6.45, 7) is 20.1. The van der Waals surface area contributed by atoms with Gasteiger partial charge in [-0.3, -0.25) is 5.09 Å². The van der Waals surface area contributed by atoms with Gasteiger partial charge in [-0.15, -0.1) is 0 Å². The number of rotatable bonds is 5. The van der Waals surface area contributed by atoms with Crippen LogP contribution in [0.1, 0.15) is 99.3 Å². The molecule has 40 heavy (non-hydrogen) atoms. The molecule has 5 rings (SSSR count). The molecule has 0 saturated heterocycles. The number of fused-ring (bicyclic) bond motifs is 7. The van der Waals surface area contributed by atoms with Crippen LogP contribution in [0.4, 0.5) is 13.2 Å². The first-order valence-corrected chi connectivity index (χ1v) is 18.0. The molecule has 1 N–H and O–H groups in total. The molecule has 0 aromatic heterocycles. The summed E-state index contributed by atoms with van der Waals surface area (Å²) in [5.74, 6) is 2.16. The van der Waals surface area contributed by atoms with Gasteiger partial charge >= 0.3 is 15.6 Å². The Balaban J connectivity index is 1.51. The average Bonchev–Trinajstić information content (AvgIpc) is 3.21. The molecule has 0 aromatic carbocycles. The molecule has 1 unspecified atom stereocenters. The molecule has 4 nitrogen and oxygen atoms in total. The van der Waals surface area contributed by atoms with E-state index in [1.165, 1.54) is 37.7 Å². The lowest BCUT2D eigenvalue weighted by atomic mass is 9.33. The van der Waals surface area contributed by atoms with E-state index in [1.54, 1.807) is 6.08 Å². The van der Waals surface area contributed by atoms with E-state index in [-0.39, 0.29) is 33.5 Å². The number of nitrogens with one attached hydrogen (secondary N) is 1. The minimum Gasteiger partial charge on any atom is -0.380 e. The van der Waals surface area contributed by atoms with E-state index in [4.69, 9.17) is 4.18 Å². The van der Waals surface area contributed by atoms with Crippen LogP contribution in [-0.2, 0) is 14.3 Å². The van der Waals surface area contributed by atoms with Crippen molar-refractivity contribution in [2.45, 2.75) is 110 Å². The number of halogens is 3. The molecule has 0 amide bonds. The molecule has 5 aliphatic carbocycles. The van der Waals surface area contributed by atoms with E-state index >= 15 is 0 Å². The molecule has 9 heteroatoms. The predicted molar refractivity (Wildman–Crippen MR) is 156 cm³/mol. The number of allylic oxidation sites excluding steroid dienone is 3. The van der Waals surface area contributed by atoms with Gasteiger partial charge in [0.1, 0.15) is 5.76 Å². The Hall–Kier alpha value is -0.590. The van der Waals surface area contributed by atoms with Crippen LogP contribution in [0, 0.1) is 51.2 Å². The Kier molecular flexibility index (Phi) is 7.29. The van der Waals surface area contributed by atoms with Crippen LogP contribution in [0.15, 0.2) is 24.0 Å². The first-order valence-electron chi connectivity index (χ1n) is 15.1. The van der Waals surface area contributed by atoms with E-state index in [0.29, 0.717) is 30.1 Å². The summed E-state index contributed by atoms with van der Waals surface area (Å²) in [4.78, 5) is 0. The van der Waals surface area contributed by atoms with Gasteiger partial charge < -0.3 is 4.18 Å². The number of hydrogen-bond acceptors (Lipinski definition) is 4. The van der Waals surface area contributed by atoms with Crippen LogP contribution < -0.4 is 5.09 Å². The van der Waals surface area contributed by atoms with Crippen LogP contribution in [0.5, 0.6) is 0 Å². The molecule has 0 bridgehead atoms. The first kappa shape index (κ1) is 30.9. The van der Waals surface area contributed by atoms with Gasteiger partial charge in [0.15, 0.2) is 0 Å². The van der Waals surface area contributed by atoms with Gasteiger partial charge in [0, 0.05) is 11.0 Å². The van der Waals surface area contributed by atoms with Crippen molar-refractivity contribution in [3.05, 3.63) is 24.0 Å². The highest BCUT2D eigenvalue weighted by Crippen LogP contribution is 2.76. The van der Waals surface area contributed by atoms with E-state index in [0.717, 1.165) is 28.0 Å². The summed E-state index contributed by atoms with van der Waals surface area (Å²) in [5, 5.41) is 4.01. The van der Waals surface area contributed by atoms with Crippen molar-refractivity contribution in [1.82, 2.24) is 5.09 Å². The summed E-state index contributed by atoms with van der Waals surface area (Å²) in [7, 11) is -4.97. The summed E-state index contributed by atoms with van der Waals surface area (Å²) >= 11 is 0. The van der Waals surface area contributed by atoms with Gasteiger partial charge in [0.2, 0.25) is 0 Å². The van der Waals surface area contributed by atoms with Crippen LogP contribution in [-0.4, -0.2) is 26.1 Å². The van der Waals surface area contributed by atoms with Crippen LogP contribution in [0.25, 0.3) is 0 Å². The molecule has 0 aromatic rings. The second kappa shape index (κ2) is 9.45. The lowest BCUT2D eigenvalue weighted by Crippen LogP contribution is -2.67. The molecule has 0 spiro atoms. The fourth-order valence-electron chi connectivity index (χ4n) is 11.5. The molecule has 4 fully saturated rings. The van der Waals surface area contributed by atoms with Crippen LogP contribution in [0.2, 0.25) is 0 Å². The Labute approximate surface area is 241 Å². The Morgan fingerprint density at radius 3 is 2.27 bits per heavy atom. The van der Waals surface area contributed by atoms with Crippen molar-refractivity contribution in [2.75, 3.05) is 6.66 Å². The fourth-order valence-corrected chi connectivity index (χ4v) is 13.0. The van der Waals surface area contributed by atoms with E-state index in [2.05, 4.69) is 46.0 Å². The third kappa shape index (κ3) is 4.07. The lowest BCUT2D eigenvalue weighted by Gasteiger charge is -2.72. The van der Waals surface area contributed by atoms with Crippen molar-refractivity contribution in [2.24, 2.45) is 51.2 Å². The molecule has 5 aliphatic rings. The van der Waals surface area contributed by atoms with Gasteiger partial charge in [-0.25, -0.2) is 0 Å². The molecule has 4 saturated carbocycles. The lowest BCUT2D eigenvalue weighted by molar-refractivity contribution is -0.221.